The standard InChI is InChI=1S/C16H13IN4O2/c1-23-12-6-9-8(2-4-18-11(9)7-20-12)15-14(17)13-10(21-15)3-5-19-16(13)22/h2,4,6-7,21H,3,5H2,1H3,(H,19,22). The van der Waals surface area contributed by atoms with Crippen LogP contribution in [-0.2, 0) is 6.42 Å². The van der Waals surface area contributed by atoms with E-state index in [0.717, 1.165) is 43.4 Å². The van der Waals surface area contributed by atoms with Crippen LogP contribution in [0.2, 0.25) is 0 Å². The Hall–Kier alpha value is -2.16. The first-order valence-electron chi connectivity index (χ1n) is 7.16. The maximum Gasteiger partial charge on any atom is 0.254 e. The van der Waals surface area contributed by atoms with Gasteiger partial charge in [0.1, 0.15) is 0 Å². The summed E-state index contributed by atoms with van der Waals surface area (Å²) in [6.07, 6.45) is 4.26. The van der Waals surface area contributed by atoms with Crippen LogP contribution < -0.4 is 10.1 Å². The molecule has 1 amide bonds. The normalized spacial score (nSPS) is 13.7. The van der Waals surface area contributed by atoms with Crippen LogP contribution in [-0.4, -0.2) is 34.5 Å². The van der Waals surface area contributed by atoms with Gasteiger partial charge in [0.2, 0.25) is 5.88 Å². The molecule has 7 heteroatoms. The molecule has 1 aliphatic heterocycles. The number of carbonyl (C=O) groups excluding carboxylic acids is 1. The molecule has 4 heterocycles. The summed E-state index contributed by atoms with van der Waals surface area (Å²) < 4.78 is 6.16. The number of H-pyrrole nitrogens is 1. The van der Waals surface area contributed by atoms with E-state index in [0.29, 0.717) is 12.4 Å². The van der Waals surface area contributed by atoms with E-state index < -0.39 is 0 Å². The van der Waals surface area contributed by atoms with Gasteiger partial charge in [-0.25, -0.2) is 4.98 Å². The van der Waals surface area contributed by atoms with E-state index in [-0.39, 0.29) is 5.91 Å². The highest BCUT2D eigenvalue weighted by Gasteiger charge is 2.25. The number of aromatic amines is 1. The molecule has 6 nitrogen and oxygen atoms in total. The Morgan fingerprint density at radius 2 is 2.22 bits per heavy atom. The van der Waals surface area contributed by atoms with Crippen LogP contribution in [0.15, 0.2) is 24.5 Å². The second-order valence-electron chi connectivity index (χ2n) is 5.28. The van der Waals surface area contributed by atoms with Gasteiger partial charge in [-0.3, -0.25) is 9.78 Å². The fourth-order valence-electron chi connectivity index (χ4n) is 2.88. The number of nitrogens with zero attached hydrogens (tertiary/aromatic N) is 2. The van der Waals surface area contributed by atoms with E-state index in [4.69, 9.17) is 4.74 Å². The molecule has 0 fully saturated rings. The van der Waals surface area contributed by atoms with Crippen molar-refractivity contribution < 1.29 is 9.53 Å². The van der Waals surface area contributed by atoms with Gasteiger partial charge in [-0.05, 0) is 28.7 Å². The summed E-state index contributed by atoms with van der Waals surface area (Å²) in [5.41, 5.74) is 4.45. The molecule has 0 aliphatic carbocycles. The number of pyridine rings is 2. The molecule has 0 unspecified atom stereocenters. The summed E-state index contributed by atoms with van der Waals surface area (Å²) in [6, 6.07) is 3.81. The predicted molar refractivity (Wildman–Crippen MR) is 94.6 cm³/mol. The minimum atomic E-state index is -0.0178. The molecular formula is C16H13IN4O2. The third-order valence-corrected chi connectivity index (χ3v) is 5.06. The zero-order valence-corrected chi connectivity index (χ0v) is 14.5. The molecule has 0 atom stereocenters. The van der Waals surface area contributed by atoms with Crippen molar-refractivity contribution in [2.45, 2.75) is 6.42 Å². The molecule has 3 aromatic heterocycles. The summed E-state index contributed by atoms with van der Waals surface area (Å²) in [4.78, 5) is 24.1. The second kappa shape index (κ2) is 5.48. The average molecular weight is 420 g/mol. The van der Waals surface area contributed by atoms with Crippen LogP contribution in [0, 0.1) is 3.57 Å². The molecule has 0 saturated heterocycles. The minimum Gasteiger partial charge on any atom is -0.481 e. The van der Waals surface area contributed by atoms with Crippen molar-refractivity contribution in [1.82, 2.24) is 20.3 Å². The second-order valence-corrected chi connectivity index (χ2v) is 6.35. The average Bonchev–Trinajstić information content (AvgIpc) is 2.92. The number of methoxy groups -OCH3 is 1. The molecule has 2 N–H and O–H groups in total. The fraction of sp³-hybridized carbons (Fsp3) is 0.188. The van der Waals surface area contributed by atoms with Gasteiger partial charge in [0.15, 0.2) is 0 Å². The van der Waals surface area contributed by atoms with Crippen LogP contribution in [0.25, 0.3) is 22.2 Å². The molecule has 4 rings (SSSR count). The SMILES string of the molecule is COc1cc2c(-c3[nH]c4c(c3I)C(=O)NCC4)ccnc2cn1. The van der Waals surface area contributed by atoms with Crippen molar-refractivity contribution in [2.75, 3.05) is 13.7 Å². The highest BCUT2D eigenvalue weighted by atomic mass is 127. The molecule has 0 bridgehead atoms. The number of fused-ring (bicyclic) bond motifs is 2. The first kappa shape index (κ1) is 14.4. The summed E-state index contributed by atoms with van der Waals surface area (Å²) >= 11 is 2.23. The topological polar surface area (TPSA) is 79.9 Å². The van der Waals surface area contributed by atoms with Gasteiger partial charge in [0.05, 0.1) is 33.7 Å². The lowest BCUT2D eigenvalue weighted by Gasteiger charge is -2.11. The number of rotatable bonds is 2. The number of carbonyl (C=O) groups is 1. The van der Waals surface area contributed by atoms with E-state index in [1.807, 2.05) is 12.1 Å². The largest absolute Gasteiger partial charge is 0.481 e. The van der Waals surface area contributed by atoms with Crippen molar-refractivity contribution in [3.8, 4) is 17.1 Å². The zero-order chi connectivity index (χ0) is 16.0. The summed E-state index contributed by atoms with van der Waals surface area (Å²) in [5, 5.41) is 3.83. The van der Waals surface area contributed by atoms with Gasteiger partial charge in [-0.15, -0.1) is 0 Å². The van der Waals surface area contributed by atoms with Gasteiger partial charge < -0.3 is 15.0 Å². The Morgan fingerprint density at radius 3 is 3.00 bits per heavy atom. The molecule has 0 spiro atoms. The van der Waals surface area contributed by atoms with E-state index in [1.54, 1.807) is 19.5 Å². The smallest absolute Gasteiger partial charge is 0.254 e. The van der Waals surface area contributed by atoms with E-state index in [9.17, 15) is 4.79 Å². The van der Waals surface area contributed by atoms with Gasteiger partial charge in [0.25, 0.3) is 5.91 Å². The Labute approximate surface area is 145 Å². The van der Waals surface area contributed by atoms with Crippen molar-refractivity contribution in [3.05, 3.63) is 39.4 Å². The number of aromatic nitrogens is 3. The highest BCUT2D eigenvalue weighted by molar-refractivity contribution is 14.1. The summed E-state index contributed by atoms with van der Waals surface area (Å²) in [6.45, 7) is 0.663. The summed E-state index contributed by atoms with van der Waals surface area (Å²) in [7, 11) is 1.59. The third-order valence-electron chi connectivity index (χ3n) is 3.99. The number of ether oxygens (including phenoxy) is 1. The lowest BCUT2D eigenvalue weighted by molar-refractivity contribution is 0.0945. The van der Waals surface area contributed by atoms with Gasteiger partial charge in [0, 0.05) is 41.9 Å². The highest BCUT2D eigenvalue weighted by Crippen LogP contribution is 2.35. The van der Waals surface area contributed by atoms with Crippen molar-refractivity contribution in [1.29, 1.82) is 0 Å². The number of halogens is 1. The molecule has 0 saturated carbocycles. The van der Waals surface area contributed by atoms with Crippen LogP contribution in [0.3, 0.4) is 0 Å². The fourth-order valence-corrected chi connectivity index (χ4v) is 3.88. The maximum absolute atomic E-state index is 12.1. The van der Waals surface area contributed by atoms with E-state index in [1.165, 1.54) is 0 Å². The third kappa shape index (κ3) is 2.26. The van der Waals surface area contributed by atoms with Crippen molar-refractivity contribution in [3.63, 3.8) is 0 Å². The molecule has 3 aromatic rings. The number of nitrogens with one attached hydrogen (secondary N) is 2. The predicted octanol–water partition coefficient (Wildman–Crippen LogP) is 2.52. The molecule has 1 aliphatic rings. The van der Waals surface area contributed by atoms with Crippen LogP contribution in [0.1, 0.15) is 16.1 Å². The maximum atomic E-state index is 12.1. The minimum absolute atomic E-state index is 0.0178. The van der Waals surface area contributed by atoms with Gasteiger partial charge in [-0.1, -0.05) is 0 Å². The lowest BCUT2D eigenvalue weighted by atomic mass is 10.1. The number of hydrogen-bond donors (Lipinski definition) is 2. The monoisotopic (exact) mass is 420 g/mol. The van der Waals surface area contributed by atoms with Crippen LogP contribution >= 0.6 is 22.6 Å². The van der Waals surface area contributed by atoms with Crippen molar-refractivity contribution in [2.24, 2.45) is 0 Å². The first-order chi connectivity index (χ1) is 11.2. The van der Waals surface area contributed by atoms with Gasteiger partial charge in [-0.2, -0.15) is 0 Å². The van der Waals surface area contributed by atoms with E-state index in [2.05, 4.69) is 42.9 Å². The summed E-state index contributed by atoms with van der Waals surface area (Å²) in [5.74, 6) is 0.520. The molecule has 0 aromatic carbocycles. The Balaban J connectivity index is 1.98. The number of amides is 1. The van der Waals surface area contributed by atoms with Crippen LogP contribution in [0.5, 0.6) is 5.88 Å². The zero-order valence-electron chi connectivity index (χ0n) is 12.3. The lowest BCUT2D eigenvalue weighted by Crippen LogP contribution is -2.31. The Bertz CT molecular complexity index is 935. The molecular weight excluding hydrogens is 407 g/mol. The van der Waals surface area contributed by atoms with Gasteiger partial charge >= 0.3 is 0 Å². The molecule has 23 heavy (non-hydrogen) atoms. The Kier molecular flexibility index (Phi) is 3.44. The van der Waals surface area contributed by atoms with E-state index >= 15 is 0 Å². The molecule has 0 radical (unpaired) electrons. The quantitative estimate of drug-likeness (QED) is 0.625. The first-order valence-corrected chi connectivity index (χ1v) is 8.24. The molecule has 116 valence electrons. The van der Waals surface area contributed by atoms with Crippen molar-refractivity contribution >= 4 is 39.4 Å². The Morgan fingerprint density at radius 1 is 1.35 bits per heavy atom. The van der Waals surface area contributed by atoms with Crippen LogP contribution in [0.4, 0.5) is 0 Å². The number of hydrogen-bond acceptors (Lipinski definition) is 4.